The Morgan fingerprint density at radius 1 is 0.364 bits per heavy atom. The van der Waals surface area contributed by atoms with E-state index in [1.54, 1.807) is 0 Å². The van der Waals surface area contributed by atoms with Crippen LogP contribution in [0.5, 0.6) is 0 Å². The zero-order chi connectivity index (χ0) is 44.3. The third-order valence-corrected chi connectivity index (χ3v) is 12.7. The van der Waals surface area contributed by atoms with Gasteiger partial charge >= 0.3 is 0 Å². The lowest BCUT2D eigenvalue weighted by molar-refractivity contribution is 1.07. The monoisotopic (exact) mass is 844 g/mol. The summed E-state index contributed by atoms with van der Waals surface area (Å²) in [6, 6.07) is 74.3. The Kier molecular flexibility index (Phi) is 9.22. The first-order chi connectivity index (χ1) is 32.5. The molecule has 12 aromatic rings. The lowest BCUT2D eigenvalue weighted by atomic mass is 9.90. The van der Waals surface area contributed by atoms with E-state index in [-0.39, 0.29) is 0 Å². The maximum Gasteiger partial charge on any atom is 0.164 e. The van der Waals surface area contributed by atoms with E-state index in [4.69, 9.17) is 15.0 Å². The molecule has 0 unspecified atom stereocenters. The van der Waals surface area contributed by atoms with Crippen LogP contribution in [0.3, 0.4) is 0 Å². The fraction of sp³-hybridized carbons (Fsp3) is 0.0333. The van der Waals surface area contributed by atoms with Crippen LogP contribution in [-0.2, 0) is 0 Å². The second kappa shape index (κ2) is 15.7. The van der Waals surface area contributed by atoms with Gasteiger partial charge in [-0.05, 0) is 103 Å². The Hall–Kier alpha value is -8.92. The van der Waals surface area contributed by atoms with Gasteiger partial charge in [0.05, 0.1) is 33.7 Å². The molecular formula is C60H40N6. The summed E-state index contributed by atoms with van der Waals surface area (Å²) in [6.07, 6.45) is 0. The zero-order valence-electron chi connectivity index (χ0n) is 36.3. The minimum Gasteiger partial charge on any atom is -0.309 e. The van der Waals surface area contributed by atoms with Crippen LogP contribution in [-0.4, -0.2) is 24.1 Å². The van der Waals surface area contributed by atoms with Gasteiger partial charge < -0.3 is 9.13 Å². The van der Waals surface area contributed by atoms with Crippen molar-refractivity contribution in [3.8, 4) is 73.9 Å². The van der Waals surface area contributed by atoms with Gasteiger partial charge in [-0.1, -0.05) is 145 Å². The zero-order valence-corrected chi connectivity index (χ0v) is 36.3. The third-order valence-electron chi connectivity index (χ3n) is 12.7. The van der Waals surface area contributed by atoms with E-state index in [2.05, 4.69) is 169 Å². The molecule has 0 aliphatic carbocycles. The normalized spacial score (nSPS) is 11.5. The summed E-state index contributed by atoms with van der Waals surface area (Å²) in [6.45, 7) is 4.27. The quantitative estimate of drug-likeness (QED) is 0.160. The highest BCUT2D eigenvalue weighted by atomic mass is 15.0. The number of benzene rings is 9. The number of hydrogen-bond donors (Lipinski definition) is 0. The Morgan fingerprint density at radius 2 is 0.803 bits per heavy atom. The smallest absolute Gasteiger partial charge is 0.164 e. The van der Waals surface area contributed by atoms with Crippen molar-refractivity contribution in [3.63, 3.8) is 0 Å². The molecule has 6 nitrogen and oxygen atoms in total. The number of hydrogen-bond acceptors (Lipinski definition) is 4. The molecule has 0 saturated carbocycles. The molecule has 66 heavy (non-hydrogen) atoms. The molecule has 0 amide bonds. The highest BCUT2D eigenvalue weighted by Crippen LogP contribution is 2.41. The Morgan fingerprint density at radius 3 is 1.30 bits per heavy atom. The van der Waals surface area contributed by atoms with Crippen LogP contribution < -0.4 is 0 Å². The second-order valence-electron chi connectivity index (χ2n) is 16.9. The third kappa shape index (κ3) is 6.53. The molecule has 6 heteroatoms. The molecule has 0 fully saturated rings. The summed E-state index contributed by atoms with van der Waals surface area (Å²) in [5.41, 5.74) is 15.6. The van der Waals surface area contributed by atoms with Crippen molar-refractivity contribution in [2.75, 3.05) is 0 Å². The van der Waals surface area contributed by atoms with Crippen molar-refractivity contribution in [1.82, 2.24) is 24.1 Å². The topological polar surface area (TPSA) is 72.3 Å². The van der Waals surface area contributed by atoms with Crippen LogP contribution in [0.2, 0.25) is 0 Å². The van der Waals surface area contributed by atoms with Gasteiger partial charge in [-0.15, -0.1) is 0 Å². The summed E-state index contributed by atoms with van der Waals surface area (Å²) in [4.78, 5) is 15.4. The summed E-state index contributed by atoms with van der Waals surface area (Å²) in [7, 11) is 0. The molecule has 0 aliphatic heterocycles. The Labute approximate surface area is 382 Å². The van der Waals surface area contributed by atoms with Crippen LogP contribution in [0, 0.1) is 25.2 Å². The van der Waals surface area contributed by atoms with Crippen LogP contribution in [0.15, 0.2) is 206 Å². The number of nitrogens with zero attached hydrogens (tertiary/aromatic N) is 6. The summed E-state index contributed by atoms with van der Waals surface area (Å²) >= 11 is 0. The molecule has 310 valence electrons. The lowest BCUT2D eigenvalue weighted by Crippen LogP contribution is -2.02. The van der Waals surface area contributed by atoms with Crippen LogP contribution in [0.4, 0.5) is 0 Å². The average Bonchev–Trinajstić information content (AvgIpc) is 3.88. The van der Waals surface area contributed by atoms with Crippen LogP contribution >= 0.6 is 0 Å². The maximum absolute atomic E-state index is 11.1. The van der Waals surface area contributed by atoms with E-state index in [1.165, 1.54) is 32.7 Å². The first-order valence-electron chi connectivity index (χ1n) is 22.2. The van der Waals surface area contributed by atoms with Crippen molar-refractivity contribution >= 4 is 43.6 Å². The van der Waals surface area contributed by atoms with Gasteiger partial charge in [0.2, 0.25) is 0 Å². The summed E-state index contributed by atoms with van der Waals surface area (Å²) in [5, 5.41) is 16.0. The van der Waals surface area contributed by atoms with Gasteiger partial charge in [-0.2, -0.15) is 5.26 Å². The fourth-order valence-electron chi connectivity index (χ4n) is 9.62. The van der Waals surface area contributed by atoms with Gasteiger partial charge in [0.25, 0.3) is 0 Å². The number of nitriles is 1. The predicted octanol–water partition coefficient (Wildman–Crippen LogP) is 14.9. The molecule has 3 heterocycles. The Bertz CT molecular complexity index is 3820. The minimum absolute atomic E-state index is 0.482. The van der Waals surface area contributed by atoms with Crippen molar-refractivity contribution in [3.05, 3.63) is 223 Å². The molecule has 0 spiro atoms. The largest absolute Gasteiger partial charge is 0.309 e. The standard InChI is InChI=1S/C60H40N6/c1-38-21-31-55-50(33-38)48-17-9-11-19-53(48)65(55)46-27-23-40(24-28-46)44-35-45(37-61)57(41-25-29-47(30-26-41)66-54-20-12-10-18-49(54)51-34-39(2)22-32-56(51)66)52(36-44)60-63-58(42-13-5-3-6-14-42)62-59(64-60)43-15-7-4-8-16-43/h3-36H,1-2H3. The molecule has 12 rings (SSSR count). The number of rotatable bonds is 7. The predicted molar refractivity (Wildman–Crippen MR) is 270 cm³/mol. The van der Waals surface area contributed by atoms with Crippen molar-refractivity contribution in [1.29, 1.82) is 5.26 Å². The van der Waals surface area contributed by atoms with E-state index in [0.717, 1.165) is 72.4 Å². The highest BCUT2D eigenvalue weighted by molar-refractivity contribution is 6.10. The molecular weight excluding hydrogens is 805 g/mol. The number of aromatic nitrogens is 5. The molecule has 0 N–H and O–H groups in total. The molecule has 0 atom stereocenters. The first kappa shape index (κ1) is 38.7. The van der Waals surface area contributed by atoms with Gasteiger partial charge in [0.15, 0.2) is 17.5 Å². The highest BCUT2D eigenvalue weighted by Gasteiger charge is 2.22. The van der Waals surface area contributed by atoms with E-state index >= 15 is 0 Å². The molecule has 0 radical (unpaired) electrons. The molecule has 9 aromatic carbocycles. The van der Waals surface area contributed by atoms with E-state index < -0.39 is 0 Å². The SMILES string of the molecule is Cc1ccc2c(c1)c1ccccc1n2-c1ccc(-c2cc(C#N)c(-c3ccc(-n4c5ccccc5c5cc(C)ccc54)cc3)c(-c3nc(-c4ccccc4)nc(-c4ccccc4)n3)c2)cc1. The molecule has 3 aromatic heterocycles. The molecule has 0 bridgehead atoms. The average molecular weight is 845 g/mol. The first-order valence-corrected chi connectivity index (χ1v) is 22.2. The second-order valence-corrected chi connectivity index (χ2v) is 16.9. The number of fused-ring (bicyclic) bond motifs is 6. The van der Waals surface area contributed by atoms with Gasteiger partial charge in [0.1, 0.15) is 0 Å². The van der Waals surface area contributed by atoms with E-state index in [0.29, 0.717) is 23.0 Å². The summed E-state index contributed by atoms with van der Waals surface area (Å²) < 4.78 is 4.64. The summed E-state index contributed by atoms with van der Waals surface area (Å²) in [5.74, 6) is 1.59. The van der Waals surface area contributed by atoms with Crippen molar-refractivity contribution in [2.45, 2.75) is 13.8 Å². The molecule has 0 aliphatic rings. The lowest BCUT2D eigenvalue weighted by Gasteiger charge is -2.17. The van der Waals surface area contributed by atoms with Crippen molar-refractivity contribution in [2.24, 2.45) is 0 Å². The van der Waals surface area contributed by atoms with Gasteiger partial charge in [-0.3, -0.25) is 0 Å². The maximum atomic E-state index is 11.1. The fourth-order valence-corrected chi connectivity index (χ4v) is 9.62. The van der Waals surface area contributed by atoms with Crippen LogP contribution in [0.25, 0.3) is 111 Å². The van der Waals surface area contributed by atoms with Gasteiger partial charge in [0, 0.05) is 55.2 Å². The number of aryl methyl sites for hydroxylation is 2. The van der Waals surface area contributed by atoms with E-state index in [9.17, 15) is 5.26 Å². The van der Waals surface area contributed by atoms with Crippen LogP contribution in [0.1, 0.15) is 16.7 Å². The van der Waals surface area contributed by atoms with Gasteiger partial charge in [-0.25, -0.2) is 15.0 Å². The minimum atomic E-state index is 0.482. The number of para-hydroxylation sites is 2. The molecule has 0 saturated heterocycles. The van der Waals surface area contributed by atoms with Crippen molar-refractivity contribution < 1.29 is 0 Å². The Balaban J connectivity index is 1.05. The van der Waals surface area contributed by atoms with E-state index in [1.807, 2.05) is 66.7 Å².